The van der Waals surface area contributed by atoms with Crippen LogP contribution in [0.15, 0.2) is 34.9 Å². The van der Waals surface area contributed by atoms with Crippen LogP contribution in [0.5, 0.6) is 5.75 Å². The molecule has 0 saturated carbocycles. The molecule has 0 amide bonds. The van der Waals surface area contributed by atoms with Gasteiger partial charge in [-0.2, -0.15) is 0 Å². The lowest BCUT2D eigenvalue weighted by atomic mass is 10.1. The highest BCUT2D eigenvalue weighted by Crippen LogP contribution is 2.22. The largest absolute Gasteiger partial charge is 0.484 e. The lowest BCUT2D eigenvalue weighted by molar-refractivity contribution is 0.265. The number of fused-ring (bicyclic) bond motifs is 1. The van der Waals surface area contributed by atoms with Gasteiger partial charge in [-0.15, -0.1) is 0 Å². The van der Waals surface area contributed by atoms with Crippen LogP contribution in [0.1, 0.15) is 17.0 Å². The number of halogens is 1. The molecule has 0 atom stereocenters. The molecule has 0 aliphatic rings. The number of aryl methyl sites for hydroxylation is 1. The summed E-state index contributed by atoms with van der Waals surface area (Å²) in [5, 5.41) is 0. The maximum absolute atomic E-state index is 13.0. The van der Waals surface area contributed by atoms with Crippen molar-refractivity contribution in [2.24, 2.45) is 0 Å². The maximum atomic E-state index is 13.0. The van der Waals surface area contributed by atoms with E-state index in [1.165, 1.54) is 6.07 Å². The molecule has 4 nitrogen and oxygen atoms in total. The maximum Gasteiger partial charge on any atom is 0.247 e. The van der Waals surface area contributed by atoms with Gasteiger partial charge in [-0.1, -0.05) is 12.1 Å². The minimum absolute atomic E-state index is 0.183. The Labute approximate surface area is 115 Å². The highest BCUT2D eigenvalue weighted by atomic mass is 19.1. The molecule has 0 fully saturated rings. The summed E-state index contributed by atoms with van der Waals surface area (Å²) in [5.41, 5.74) is 2.94. The highest BCUT2D eigenvalue weighted by Gasteiger charge is 2.09. The van der Waals surface area contributed by atoms with E-state index in [9.17, 15) is 4.39 Å². The summed E-state index contributed by atoms with van der Waals surface area (Å²) in [4.78, 5) is 7.97. The van der Waals surface area contributed by atoms with Crippen LogP contribution < -0.4 is 4.74 Å². The Kier molecular flexibility index (Phi) is 3.10. The van der Waals surface area contributed by atoms with Crippen molar-refractivity contribution < 1.29 is 13.5 Å². The van der Waals surface area contributed by atoms with E-state index in [-0.39, 0.29) is 6.61 Å². The van der Waals surface area contributed by atoms with Gasteiger partial charge < -0.3 is 9.15 Å². The summed E-state index contributed by atoms with van der Waals surface area (Å²) in [6.45, 7) is 4.20. The Morgan fingerprint density at radius 2 is 2.15 bits per heavy atom. The van der Waals surface area contributed by atoms with Crippen molar-refractivity contribution in [2.75, 3.05) is 0 Å². The summed E-state index contributed by atoms with van der Waals surface area (Å²) in [6.07, 6.45) is 1.10. The molecule has 0 bridgehead atoms. The average molecular weight is 272 g/mol. The monoisotopic (exact) mass is 272 g/mol. The molecular formula is C15H13FN2O2. The van der Waals surface area contributed by atoms with Crippen LogP contribution in [0.25, 0.3) is 11.2 Å². The molecule has 0 saturated heterocycles. The normalized spacial score (nSPS) is 10.9. The predicted octanol–water partition coefficient (Wildman–Crippen LogP) is 3.56. The Hall–Kier alpha value is -2.43. The molecule has 3 aromatic rings. The SMILES string of the molecule is Cc1cccc(OCc2nc3cc(F)cnc3o2)c1C. The first-order valence-corrected chi connectivity index (χ1v) is 6.23. The summed E-state index contributed by atoms with van der Waals surface area (Å²) in [5.74, 6) is 0.721. The zero-order valence-corrected chi connectivity index (χ0v) is 11.2. The van der Waals surface area contributed by atoms with E-state index in [0.29, 0.717) is 17.1 Å². The van der Waals surface area contributed by atoms with Crippen LogP contribution in [-0.2, 0) is 6.61 Å². The van der Waals surface area contributed by atoms with Crippen LogP contribution in [0.3, 0.4) is 0 Å². The smallest absolute Gasteiger partial charge is 0.247 e. The predicted molar refractivity (Wildman–Crippen MR) is 72.0 cm³/mol. The first kappa shape index (κ1) is 12.6. The average Bonchev–Trinajstić information content (AvgIpc) is 2.82. The number of rotatable bonds is 3. The van der Waals surface area contributed by atoms with Gasteiger partial charge >= 0.3 is 0 Å². The van der Waals surface area contributed by atoms with Gasteiger partial charge in [0.15, 0.2) is 6.61 Å². The highest BCUT2D eigenvalue weighted by molar-refractivity contribution is 5.67. The van der Waals surface area contributed by atoms with Crippen molar-refractivity contribution in [1.29, 1.82) is 0 Å². The van der Waals surface area contributed by atoms with E-state index < -0.39 is 5.82 Å². The second kappa shape index (κ2) is 4.92. The second-order valence-electron chi connectivity index (χ2n) is 4.57. The molecule has 5 heteroatoms. The van der Waals surface area contributed by atoms with Gasteiger partial charge in [0.2, 0.25) is 11.6 Å². The fourth-order valence-corrected chi connectivity index (χ4v) is 1.93. The standard InChI is InChI=1S/C15H13FN2O2/c1-9-4-3-5-13(10(9)2)19-8-14-18-12-6-11(16)7-17-15(12)20-14/h3-7H,8H2,1-2H3. The summed E-state index contributed by atoms with van der Waals surface area (Å²) >= 11 is 0. The molecule has 1 aromatic carbocycles. The Bertz CT molecular complexity index is 768. The van der Waals surface area contributed by atoms with Gasteiger partial charge in [-0.05, 0) is 31.0 Å². The van der Waals surface area contributed by atoms with Gasteiger partial charge in [0.05, 0.1) is 6.20 Å². The van der Waals surface area contributed by atoms with E-state index in [1.54, 1.807) is 0 Å². The second-order valence-corrected chi connectivity index (χ2v) is 4.57. The van der Waals surface area contributed by atoms with Crippen LogP contribution in [0, 0.1) is 19.7 Å². The molecule has 0 spiro atoms. The first-order valence-electron chi connectivity index (χ1n) is 6.23. The molecule has 20 heavy (non-hydrogen) atoms. The lowest BCUT2D eigenvalue weighted by Crippen LogP contribution is -1.98. The van der Waals surface area contributed by atoms with Crippen LogP contribution >= 0.6 is 0 Å². The van der Waals surface area contributed by atoms with Crippen molar-refractivity contribution >= 4 is 11.2 Å². The quantitative estimate of drug-likeness (QED) is 0.731. The zero-order chi connectivity index (χ0) is 14.1. The molecule has 0 N–H and O–H groups in total. The third kappa shape index (κ3) is 2.34. The third-order valence-corrected chi connectivity index (χ3v) is 3.16. The summed E-state index contributed by atoms with van der Waals surface area (Å²) in [7, 11) is 0. The fourth-order valence-electron chi connectivity index (χ4n) is 1.93. The molecule has 102 valence electrons. The number of hydrogen-bond acceptors (Lipinski definition) is 4. The van der Waals surface area contributed by atoms with Crippen molar-refractivity contribution in [2.45, 2.75) is 20.5 Å². The lowest BCUT2D eigenvalue weighted by Gasteiger charge is -2.08. The van der Waals surface area contributed by atoms with Crippen molar-refractivity contribution in [3.05, 3.63) is 53.3 Å². The molecule has 2 heterocycles. The molecule has 2 aromatic heterocycles. The van der Waals surface area contributed by atoms with E-state index in [2.05, 4.69) is 9.97 Å². The first-order chi connectivity index (χ1) is 9.63. The fraction of sp³-hybridized carbons (Fsp3) is 0.200. The van der Waals surface area contributed by atoms with Gasteiger partial charge in [0.25, 0.3) is 0 Å². The third-order valence-electron chi connectivity index (χ3n) is 3.16. The van der Waals surface area contributed by atoms with Crippen molar-refractivity contribution in [3.63, 3.8) is 0 Å². The minimum Gasteiger partial charge on any atom is -0.484 e. The van der Waals surface area contributed by atoms with Crippen molar-refractivity contribution in [1.82, 2.24) is 9.97 Å². The number of pyridine rings is 1. The molecule has 0 aliphatic carbocycles. The number of nitrogens with zero attached hydrogens (tertiary/aromatic N) is 2. The van der Waals surface area contributed by atoms with E-state index >= 15 is 0 Å². The number of hydrogen-bond donors (Lipinski definition) is 0. The zero-order valence-electron chi connectivity index (χ0n) is 11.2. The Morgan fingerprint density at radius 1 is 1.30 bits per heavy atom. The Balaban J connectivity index is 1.81. The minimum atomic E-state index is -0.437. The molecule has 0 radical (unpaired) electrons. The van der Waals surface area contributed by atoms with E-state index in [0.717, 1.165) is 23.1 Å². The topological polar surface area (TPSA) is 48.2 Å². The molecule has 0 aliphatic heterocycles. The van der Waals surface area contributed by atoms with Gasteiger partial charge in [0, 0.05) is 6.07 Å². The number of aromatic nitrogens is 2. The van der Waals surface area contributed by atoms with Gasteiger partial charge in [0.1, 0.15) is 17.1 Å². The van der Waals surface area contributed by atoms with Gasteiger partial charge in [-0.3, -0.25) is 0 Å². The number of ether oxygens (including phenoxy) is 1. The number of oxazole rings is 1. The Morgan fingerprint density at radius 3 is 3.00 bits per heavy atom. The molecule has 0 unspecified atom stereocenters. The summed E-state index contributed by atoms with van der Waals surface area (Å²) < 4.78 is 24.1. The van der Waals surface area contributed by atoms with Crippen LogP contribution in [0.4, 0.5) is 4.39 Å². The van der Waals surface area contributed by atoms with Gasteiger partial charge in [-0.25, -0.2) is 14.4 Å². The molecule has 3 rings (SSSR count). The van der Waals surface area contributed by atoms with Crippen molar-refractivity contribution in [3.8, 4) is 5.75 Å². The van der Waals surface area contributed by atoms with Crippen LogP contribution in [-0.4, -0.2) is 9.97 Å². The van der Waals surface area contributed by atoms with Crippen LogP contribution in [0.2, 0.25) is 0 Å². The van der Waals surface area contributed by atoms with E-state index in [1.807, 2.05) is 32.0 Å². The number of benzene rings is 1. The summed E-state index contributed by atoms with van der Waals surface area (Å²) in [6, 6.07) is 7.13. The van der Waals surface area contributed by atoms with E-state index in [4.69, 9.17) is 9.15 Å². The molecular weight excluding hydrogens is 259 g/mol.